The lowest BCUT2D eigenvalue weighted by Gasteiger charge is -2.34. The van der Waals surface area contributed by atoms with Gasteiger partial charge in [-0.05, 0) is 407 Å². The molecule has 5 atom stereocenters. The molecule has 0 heterocycles. The molecule has 0 N–H and O–H groups in total. The van der Waals surface area contributed by atoms with Crippen molar-refractivity contribution < 1.29 is 38.1 Å². The summed E-state index contributed by atoms with van der Waals surface area (Å²) in [6.07, 6.45) is 21.5. The molecule has 666 valence electrons. The molecule has 0 aliphatic heterocycles. The van der Waals surface area contributed by atoms with E-state index in [0.717, 1.165) is 198 Å². The van der Waals surface area contributed by atoms with Crippen molar-refractivity contribution >= 4 is 139 Å². The predicted octanol–water partition coefficient (Wildman–Crippen LogP) is 33.0. The van der Waals surface area contributed by atoms with E-state index in [4.69, 9.17) is 31.6 Å². The van der Waals surface area contributed by atoms with Crippen molar-refractivity contribution in [1.82, 2.24) is 0 Å². The zero-order valence-electron chi connectivity index (χ0n) is 78.2. The molecule has 10 heteroatoms. The van der Waals surface area contributed by atoms with Crippen molar-refractivity contribution in [2.24, 2.45) is 71.0 Å². The molecule has 8 nitrogen and oxygen atoms in total. The maximum atomic E-state index is 13.0. The molecule has 0 bridgehead atoms. The fourth-order valence-corrected chi connectivity index (χ4v) is 22.0. The molecule has 0 amide bonds. The van der Waals surface area contributed by atoms with Gasteiger partial charge in [-0.2, -0.15) is 0 Å². The van der Waals surface area contributed by atoms with Gasteiger partial charge in [0, 0.05) is 14.9 Å². The first-order valence-electron chi connectivity index (χ1n) is 48.1. The molecule has 0 spiro atoms. The summed E-state index contributed by atoms with van der Waals surface area (Å²) in [5.41, 5.74) is 4.53. The first-order valence-corrected chi connectivity index (χ1v) is 49.3. The number of carbonyl (C=O) groups excluding carboxylic acids is 4. The highest BCUT2D eigenvalue weighted by Crippen LogP contribution is 2.46. The van der Waals surface area contributed by atoms with Crippen LogP contribution in [0.2, 0.25) is 0 Å². The molecule has 5 unspecified atom stereocenters. The van der Waals surface area contributed by atoms with Gasteiger partial charge in [0.2, 0.25) is 0 Å². The maximum Gasteiger partial charge on any atom is 0.309 e. The molecule has 13 aromatic carbocycles. The number of hydrogen-bond acceptors (Lipinski definition) is 9. The first kappa shape index (κ1) is 93.8. The average Bonchev–Trinajstić information content (AvgIpc) is 0.747. The number of ether oxygens (including phenoxy) is 4. The number of benzene rings is 13. The normalized spacial score (nSPS) is 20.5. The average molecular weight is 1780 g/mol. The Bertz CT molecular complexity index is 6010. The predicted molar refractivity (Wildman–Crippen MR) is 538 cm³/mol. The van der Waals surface area contributed by atoms with Crippen LogP contribution in [0.5, 0.6) is 0 Å². The number of hydrogen-bond donors (Lipinski definition) is 1. The lowest BCUT2D eigenvalue weighted by Crippen LogP contribution is -2.32. The fourth-order valence-electron chi connectivity index (χ4n) is 20.8. The maximum absolute atomic E-state index is 13.0. The Balaban J connectivity index is 0.000000137. The molecule has 0 radical (unpaired) electrons. The number of fused-ring (bicyclic) bond motifs is 8. The van der Waals surface area contributed by atoms with Gasteiger partial charge >= 0.3 is 23.9 Å². The molecule has 17 rings (SSSR count). The highest BCUT2D eigenvalue weighted by atomic mass is 79.9. The second-order valence-corrected chi connectivity index (χ2v) is 41.0. The van der Waals surface area contributed by atoms with Crippen LogP contribution in [0, 0.1) is 71.0 Å². The number of thiol groups is 1. The molecular formula is C117H137BrO8S. The summed E-state index contributed by atoms with van der Waals surface area (Å²) in [7, 11) is 0. The lowest BCUT2D eigenvalue weighted by atomic mass is 9.75. The van der Waals surface area contributed by atoms with Gasteiger partial charge in [0.1, 0.15) is 22.9 Å². The van der Waals surface area contributed by atoms with E-state index < -0.39 is 16.8 Å². The van der Waals surface area contributed by atoms with Crippen molar-refractivity contribution in [2.45, 2.75) is 260 Å². The van der Waals surface area contributed by atoms with Gasteiger partial charge in [-0.25, -0.2) is 0 Å². The van der Waals surface area contributed by atoms with E-state index in [0.29, 0.717) is 0 Å². The number of rotatable bonds is 21. The van der Waals surface area contributed by atoms with Crippen LogP contribution in [0.25, 0.3) is 97.3 Å². The summed E-state index contributed by atoms with van der Waals surface area (Å²) >= 11 is 8.60. The third kappa shape index (κ3) is 22.6. The summed E-state index contributed by atoms with van der Waals surface area (Å²) in [6.45, 7) is 32.4. The topological polar surface area (TPSA) is 105 Å². The quantitative estimate of drug-likeness (QED) is 0.0328. The van der Waals surface area contributed by atoms with E-state index in [1.54, 1.807) is 0 Å². The van der Waals surface area contributed by atoms with E-state index >= 15 is 0 Å². The molecule has 127 heavy (non-hydrogen) atoms. The number of carbonyl (C=O) groups is 4. The van der Waals surface area contributed by atoms with Crippen molar-refractivity contribution in [3.63, 3.8) is 0 Å². The van der Waals surface area contributed by atoms with Crippen LogP contribution in [-0.4, -0.2) is 23.9 Å². The zero-order chi connectivity index (χ0) is 90.0. The fraction of sp³-hybridized carbons (Fsp3) is 0.436. The summed E-state index contributed by atoms with van der Waals surface area (Å²) in [5, 5.41) is 19.1. The molecule has 13 aromatic rings. The van der Waals surface area contributed by atoms with Gasteiger partial charge in [0.05, 0.1) is 23.7 Å². The second-order valence-electron chi connectivity index (χ2n) is 39.8. The standard InChI is InChI=1S/C33H36O2.C28H33BrO2.C28H34O2S.C28H34O2/c1-4-22(2)24-10-12-26(13-11-24)33(34)35-23(3)27-14-15-29-19-30-17-16-28(25-8-6-5-7-9-25)20-32(30)21-31(29)18-27;1-5-18(2)19-10-12-20(13-11-19)27(30)31-28(3,4)25-15-14-23-16-21-8-6-7-9-22(21)17-24(23)26(25)29;1-5-18(2)19-10-12-20(13-11-19)27(29)30-28(3,4)24-15-23-14-21-8-6-7-9-22(21)16-25(23)26(31)17-24;1-5-19(2)20-10-12-21(13-11-20)27(29)30-28(3,4)26-15-14-24-16-22-8-6-7-9-23(22)17-25(24)18-26/h5-9,14-24,26H,4,10-13H2,1-3H3;6-9,14-20H,5,10-13H2,1-4H3;6-9,14-20,31H,5,10-13H2,1-4H3;6-9,14-21H,5,10-13H2,1-4H3. The Morgan fingerprint density at radius 2 is 0.646 bits per heavy atom. The van der Waals surface area contributed by atoms with Gasteiger partial charge in [-0.3, -0.25) is 19.2 Å². The minimum atomic E-state index is -0.693. The van der Waals surface area contributed by atoms with Gasteiger partial charge in [0.15, 0.2) is 0 Å². The van der Waals surface area contributed by atoms with Gasteiger partial charge in [-0.1, -0.05) is 233 Å². The van der Waals surface area contributed by atoms with Crippen LogP contribution in [0.3, 0.4) is 0 Å². The van der Waals surface area contributed by atoms with Crippen molar-refractivity contribution in [2.75, 3.05) is 0 Å². The van der Waals surface area contributed by atoms with Crippen molar-refractivity contribution in [1.29, 1.82) is 0 Å². The third-order valence-corrected chi connectivity index (χ3v) is 31.6. The second kappa shape index (κ2) is 41.6. The Hall–Kier alpha value is -9.35. The Morgan fingerprint density at radius 3 is 1.10 bits per heavy atom. The molecule has 4 aliphatic rings. The van der Waals surface area contributed by atoms with Crippen molar-refractivity contribution in [3.05, 3.63) is 257 Å². The monoisotopic (exact) mass is 1780 g/mol. The van der Waals surface area contributed by atoms with Gasteiger partial charge < -0.3 is 18.9 Å². The first-order chi connectivity index (χ1) is 61.0. The minimum Gasteiger partial charge on any atom is -0.458 e. The van der Waals surface area contributed by atoms with E-state index in [1.807, 2.05) is 60.6 Å². The van der Waals surface area contributed by atoms with E-state index in [-0.39, 0.29) is 53.7 Å². The van der Waals surface area contributed by atoms with Crippen LogP contribution in [0.15, 0.2) is 240 Å². The summed E-state index contributed by atoms with van der Waals surface area (Å²) in [4.78, 5) is 52.8. The van der Waals surface area contributed by atoms with Gasteiger partial charge in [-0.15, -0.1) is 12.6 Å². The highest BCUT2D eigenvalue weighted by Gasteiger charge is 2.39. The zero-order valence-corrected chi connectivity index (χ0v) is 80.7. The molecule has 4 aliphatic carbocycles. The molecule has 0 saturated heterocycles. The Kier molecular flexibility index (Phi) is 30.7. The van der Waals surface area contributed by atoms with Crippen LogP contribution < -0.4 is 0 Å². The summed E-state index contributed by atoms with van der Waals surface area (Å²) in [5.74, 6) is 6.06. The molecule has 4 fully saturated rings. The largest absolute Gasteiger partial charge is 0.458 e. The molecule has 4 saturated carbocycles. The van der Waals surface area contributed by atoms with Crippen LogP contribution >= 0.6 is 28.6 Å². The summed E-state index contributed by atoms with van der Waals surface area (Å²) in [6, 6.07) is 81.4. The van der Waals surface area contributed by atoms with E-state index in [2.05, 4.69) is 290 Å². The summed E-state index contributed by atoms with van der Waals surface area (Å²) < 4.78 is 25.3. The Morgan fingerprint density at radius 1 is 0.315 bits per heavy atom. The van der Waals surface area contributed by atoms with Gasteiger partial charge in [0.25, 0.3) is 0 Å². The van der Waals surface area contributed by atoms with Crippen LogP contribution in [0.4, 0.5) is 0 Å². The van der Waals surface area contributed by atoms with E-state index in [1.165, 1.54) is 107 Å². The minimum absolute atomic E-state index is 0.0220. The lowest BCUT2D eigenvalue weighted by molar-refractivity contribution is -0.165. The SMILES string of the molecule is CCC(C)C1CCC(C(=O)OC(C)(C)c2cc(S)c3cc4ccccc4cc3c2)CC1.CCC(C)C1CCC(C(=O)OC(C)(C)c2ccc3cc4ccccc4cc3c2)CC1.CCC(C)C1CCC(C(=O)OC(C)(C)c2ccc3cc4ccccc4cc3c2Br)CC1.CCC(C)C1CCC(C(=O)OC(C)c2ccc3cc4ccc(-c5ccccc5)cc4cc3c2)CC1. The van der Waals surface area contributed by atoms with Crippen LogP contribution in [0.1, 0.15) is 261 Å². The number of esters is 4. The number of halogens is 1. The molecular weight excluding hydrogens is 1650 g/mol. The van der Waals surface area contributed by atoms with Crippen LogP contribution in [-0.2, 0) is 54.9 Å². The smallest absolute Gasteiger partial charge is 0.309 e. The Labute approximate surface area is 770 Å². The van der Waals surface area contributed by atoms with E-state index in [9.17, 15) is 19.2 Å². The highest BCUT2D eigenvalue weighted by molar-refractivity contribution is 9.10. The van der Waals surface area contributed by atoms with Crippen molar-refractivity contribution in [3.8, 4) is 11.1 Å². The third-order valence-electron chi connectivity index (χ3n) is 30.3. The molecule has 0 aromatic heterocycles.